The summed E-state index contributed by atoms with van der Waals surface area (Å²) in [5.74, 6) is 2.30. The number of carbonyl (C=O) groups is 2. The molecule has 2 aromatic carbocycles. The standard InChI is InChI=1S/C39H43FN8O5/c1-45-21-29(26-6-12-41-20-28(26)38(45)50)25-18-32(52-2)30(33(19-25)53-3)22-46-13-7-23(8-14-46)24-9-15-47(16-10-24)31-5-4-27-36(35(31)40)43-44-37(27)48-17-11-34(49)42-39(48)51/h4-6,12,18-21,23-24H,7-11,13-17,22H2,1-3H3,(H,43,44)(H,42,49,51). The van der Waals surface area contributed by atoms with Crippen molar-refractivity contribution in [3.05, 3.63) is 70.7 Å². The molecule has 5 aromatic rings. The van der Waals surface area contributed by atoms with E-state index in [1.165, 1.54) is 4.90 Å². The van der Waals surface area contributed by atoms with Gasteiger partial charge in [0.25, 0.3) is 5.56 Å². The number of carbonyl (C=O) groups excluding carboxylic acids is 2. The Morgan fingerprint density at radius 1 is 0.887 bits per heavy atom. The van der Waals surface area contributed by atoms with Crippen LogP contribution in [-0.4, -0.2) is 83.5 Å². The first-order chi connectivity index (χ1) is 25.7. The molecule has 6 heterocycles. The number of fused-ring (bicyclic) bond motifs is 2. The lowest BCUT2D eigenvalue weighted by molar-refractivity contribution is -0.120. The molecule has 0 radical (unpaired) electrons. The number of H-pyrrole nitrogens is 1. The SMILES string of the molecule is COc1cc(-c2cn(C)c(=O)c3cnccc23)cc(OC)c1CN1CCC(C2CCN(c3ccc4c(N5CCC(=O)NC5=O)n[nH]c4c3F)CC2)CC1. The number of benzene rings is 2. The number of anilines is 2. The molecule has 276 valence electrons. The number of hydrogen-bond acceptors (Lipinski definition) is 9. The molecule has 3 fully saturated rings. The van der Waals surface area contributed by atoms with Gasteiger partial charge in [-0.1, -0.05) is 0 Å². The van der Waals surface area contributed by atoms with Crippen molar-refractivity contribution >= 4 is 45.1 Å². The van der Waals surface area contributed by atoms with Gasteiger partial charge in [0.05, 0.1) is 30.9 Å². The van der Waals surface area contributed by atoms with E-state index < -0.39 is 6.03 Å². The Morgan fingerprint density at radius 2 is 1.58 bits per heavy atom. The number of imide groups is 1. The summed E-state index contributed by atoms with van der Waals surface area (Å²) < 4.78 is 29.3. The second-order valence-electron chi connectivity index (χ2n) is 14.3. The van der Waals surface area contributed by atoms with Gasteiger partial charge in [-0.3, -0.25) is 34.8 Å². The fourth-order valence-corrected chi connectivity index (χ4v) is 8.50. The lowest BCUT2D eigenvalue weighted by Crippen LogP contribution is -2.49. The molecule has 53 heavy (non-hydrogen) atoms. The molecule has 8 rings (SSSR count). The van der Waals surface area contributed by atoms with Crippen LogP contribution in [-0.2, 0) is 18.4 Å². The molecule has 0 bridgehead atoms. The number of halogens is 1. The smallest absolute Gasteiger partial charge is 0.329 e. The van der Waals surface area contributed by atoms with E-state index in [0.717, 1.165) is 85.4 Å². The van der Waals surface area contributed by atoms with Crippen LogP contribution in [0.1, 0.15) is 37.7 Å². The normalized spacial score (nSPS) is 17.9. The molecule has 0 aliphatic carbocycles. The number of hydrogen-bond donors (Lipinski definition) is 2. The Morgan fingerprint density at radius 3 is 2.26 bits per heavy atom. The Kier molecular flexibility index (Phi) is 9.23. The minimum absolute atomic E-state index is 0.0930. The molecule has 3 aromatic heterocycles. The highest BCUT2D eigenvalue weighted by molar-refractivity contribution is 6.09. The number of likely N-dealkylation sites (tertiary alicyclic amines) is 1. The van der Waals surface area contributed by atoms with Crippen LogP contribution in [0.2, 0.25) is 0 Å². The third-order valence-electron chi connectivity index (χ3n) is 11.4. The maximum atomic E-state index is 15.9. The molecule has 3 amide bonds. The zero-order valence-electron chi connectivity index (χ0n) is 30.2. The molecule has 0 unspecified atom stereocenters. The minimum Gasteiger partial charge on any atom is -0.496 e. The molecule has 0 spiro atoms. The minimum atomic E-state index is -0.549. The number of rotatable bonds is 8. The second kappa shape index (κ2) is 14.1. The van der Waals surface area contributed by atoms with Gasteiger partial charge < -0.3 is 18.9 Å². The Hall–Kier alpha value is -5.50. The maximum absolute atomic E-state index is 15.9. The summed E-state index contributed by atoms with van der Waals surface area (Å²) in [6, 6.07) is 8.96. The van der Waals surface area contributed by atoms with Gasteiger partial charge >= 0.3 is 6.03 Å². The molecule has 3 aliphatic heterocycles. The van der Waals surface area contributed by atoms with Crippen molar-refractivity contribution in [2.45, 2.75) is 38.6 Å². The number of amides is 3. The summed E-state index contributed by atoms with van der Waals surface area (Å²) in [6.45, 7) is 4.38. The number of methoxy groups -OCH3 is 2. The molecule has 13 nitrogen and oxygen atoms in total. The monoisotopic (exact) mass is 722 g/mol. The van der Waals surface area contributed by atoms with Gasteiger partial charge in [-0.2, -0.15) is 5.10 Å². The fourth-order valence-electron chi connectivity index (χ4n) is 8.50. The molecule has 3 aliphatic rings. The van der Waals surface area contributed by atoms with Crippen molar-refractivity contribution in [1.82, 2.24) is 30.0 Å². The first-order valence-electron chi connectivity index (χ1n) is 18.2. The van der Waals surface area contributed by atoms with E-state index in [0.29, 0.717) is 40.7 Å². The highest BCUT2D eigenvalue weighted by Crippen LogP contribution is 2.40. The molecule has 0 saturated carbocycles. The van der Waals surface area contributed by atoms with Crippen LogP contribution < -0.4 is 30.1 Å². The number of aryl methyl sites for hydroxylation is 1. The average Bonchev–Trinajstić information content (AvgIpc) is 3.61. The quantitative estimate of drug-likeness (QED) is 0.221. The molecule has 3 saturated heterocycles. The number of aromatic nitrogens is 4. The molecule has 2 N–H and O–H groups in total. The van der Waals surface area contributed by atoms with Gasteiger partial charge in [-0.15, -0.1) is 0 Å². The maximum Gasteiger partial charge on any atom is 0.329 e. The van der Waals surface area contributed by atoms with Crippen molar-refractivity contribution in [2.24, 2.45) is 18.9 Å². The number of aromatic amines is 1. The van der Waals surface area contributed by atoms with Crippen LogP contribution in [0.15, 0.2) is 53.7 Å². The highest BCUT2D eigenvalue weighted by Gasteiger charge is 2.33. The highest BCUT2D eigenvalue weighted by atomic mass is 19.1. The third-order valence-corrected chi connectivity index (χ3v) is 11.4. The predicted molar refractivity (Wildman–Crippen MR) is 200 cm³/mol. The molecular weight excluding hydrogens is 679 g/mol. The van der Waals surface area contributed by atoms with E-state index in [1.807, 2.05) is 24.4 Å². The predicted octanol–water partition coefficient (Wildman–Crippen LogP) is 5.21. The number of ether oxygens (including phenoxy) is 2. The van der Waals surface area contributed by atoms with Crippen molar-refractivity contribution in [3.8, 4) is 22.6 Å². The van der Waals surface area contributed by atoms with E-state index >= 15 is 4.39 Å². The van der Waals surface area contributed by atoms with Crippen LogP contribution in [0.5, 0.6) is 11.5 Å². The third kappa shape index (κ3) is 6.34. The summed E-state index contributed by atoms with van der Waals surface area (Å²) in [7, 11) is 5.11. The van der Waals surface area contributed by atoms with Gasteiger partial charge in [-0.25, -0.2) is 9.18 Å². The largest absolute Gasteiger partial charge is 0.496 e. The van der Waals surface area contributed by atoms with Gasteiger partial charge in [0, 0.05) is 69.2 Å². The van der Waals surface area contributed by atoms with Crippen LogP contribution in [0.3, 0.4) is 0 Å². The van der Waals surface area contributed by atoms with E-state index in [-0.39, 0.29) is 35.8 Å². The number of urea groups is 1. The van der Waals surface area contributed by atoms with Crippen molar-refractivity contribution in [3.63, 3.8) is 0 Å². The van der Waals surface area contributed by atoms with E-state index in [2.05, 4.69) is 30.3 Å². The lowest BCUT2D eigenvalue weighted by Gasteiger charge is -2.41. The Balaban J connectivity index is 0.906. The topological polar surface area (TPSA) is 138 Å². The molecule has 0 atom stereocenters. The van der Waals surface area contributed by atoms with Crippen molar-refractivity contribution in [2.75, 3.05) is 56.7 Å². The van der Waals surface area contributed by atoms with E-state index in [4.69, 9.17) is 9.47 Å². The molecular formula is C39H43FN8O5. The summed E-state index contributed by atoms with van der Waals surface area (Å²) in [5.41, 5.74) is 3.51. The first kappa shape index (κ1) is 34.6. The molecule has 14 heteroatoms. The summed E-state index contributed by atoms with van der Waals surface area (Å²) in [6.07, 6.45) is 9.51. The van der Waals surface area contributed by atoms with Gasteiger partial charge in [0.1, 0.15) is 17.0 Å². The van der Waals surface area contributed by atoms with Gasteiger partial charge in [-0.05, 0) is 91.9 Å². The average molecular weight is 723 g/mol. The lowest BCUT2D eigenvalue weighted by atomic mass is 9.78. The Bertz CT molecular complexity index is 2250. The summed E-state index contributed by atoms with van der Waals surface area (Å²) >= 11 is 0. The zero-order chi connectivity index (χ0) is 36.8. The van der Waals surface area contributed by atoms with Crippen LogP contribution in [0, 0.1) is 17.7 Å². The van der Waals surface area contributed by atoms with Gasteiger partial charge in [0.15, 0.2) is 11.6 Å². The van der Waals surface area contributed by atoms with Crippen molar-refractivity contribution < 1.29 is 23.5 Å². The Labute approximate surface area is 305 Å². The summed E-state index contributed by atoms with van der Waals surface area (Å²) in [5, 5.41) is 11.2. The zero-order valence-corrected chi connectivity index (χ0v) is 30.2. The number of nitrogens with one attached hydrogen (secondary N) is 2. The number of pyridine rings is 2. The first-order valence-corrected chi connectivity index (χ1v) is 18.2. The second-order valence-corrected chi connectivity index (χ2v) is 14.3. The van der Waals surface area contributed by atoms with Crippen LogP contribution in [0.4, 0.5) is 20.7 Å². The van der Waals surface area contributed by atoms with Crippen LogP contribution in [0.25, 0.3) is 32.8 Å². The van der Waals surface area contributed by atoms with E-state index in [1.54, 1.807) is 50.4 Å². The summed E-state index contributed by atoms with van der Waals surface area (Å²) in [4.78, 5) is 46.9. The van der Waals surface area contributed by atoms with Gasteiger partial charge in [0.2, 0.25) is 5.91 Å². The van der Waals surface area contributed by atoms with E-state index in [9.17, 15) is 14.4 Å². The van der Waals surface area contributed by atoms with Crippen LogP contribution >= 0.6 is 0 Å². The fraction of sp³-hybridized carbons (Fsp3) is 0.410. The number of nitrogens with zero attached hydrogens (tertiary/aromatic N) is 6. The number of piperidine rings is 2. The van der Waals surface area contributed by atoms with Crippen molar-refractivity contribution in [1.29, 1.82) is 0 Å².